The molecule has 3 nitrogen and oxygen atoms in total. The van der Waals surface area contributed by atoms with Crippen LogP contribution in [0.2, 0.25) is 0 Å². The first-order chi connectivity index (χ1) is 13.8. The molecule has 0 spiro atoms. The van der Waals surface area contributed by atoms with Gasteiger partial charge in [-0.05, 0) is 48.6 Å². The molecule has 4 aromatic rings. The van der Waals surface area contributed by atoms with Crippen molar-refractivity contribution in [3.8, 4) is 0 Å². The molecule has 0 amide bonds. The second kappa shape index (κ2) is 18.5. The van der Waals surface area contributed by atoms with Crippen molar-refractivity contribution in [2.24, 2.45) is 0 Å². The minimum atomic E-state index is 1.03. The summed E-state index contributed by atoms with van der Waals surface area (Å²) in [6.07, 6.45) is 0. The Balaban J connectivity index is 0. The van der Waals surface area contributed by atoms with Gasteiger partial charge in [0.1, 0.15) is 5.52 Å². The number of para-hydroxylation sites is 1. The Morgan fingerprint density at radius 1 is 0.643 bits per heavy atom. The van der Waals surface area contributed by atoms with E-state index in [9.17, 15) is 0 Å². The third-order valence-corrected chi connectivity index (χ3v) is 4.53. The number of hydrogen-bond donors (Lipinski definition) is 0. The lowest BCUT2D eigenvalue weighted by atomic mass is 10.2. The van der Waals surface area contributed by atoms with Gasteiger partial charge in [0.15, 0.2) is 0 Å². The molecule has 0 bridgehead atoms. The van der Waals surface area contributed by atoms with Gasteiger partial charge in [-0.25, -0.2) is 4.98 Å². The minimum absolute atomic E-state index is 1.03. The lowest BCUT2D eigenvalue weighted by molar-refractivity contribution is 1.19. The average Bonchev–Trinajstić information content (AvgIpc) is 3.45. The molecule has 0 unspecified atom stereocenters. The maximum Gasteiger partial charge on any atom is 0.108 e. The molecule has 0 saturated heterocycles. The highest BCUT2D eigenvalue weighted by Gasteiger charge is 1.98. The molecule has 0 aliphatic rings. The van der Waals surface area contributed by atoms with E-state index >= 15 is 0 Å². The Bertz CT molecular complexity index is 779. The second-order valence-corrected chi connectivity index (χ2v) is 6.14. The fourth-order valence-corrected chi connectivity index (χ4v) is 3.36. The molecule has 2 aromatic carbocycles. The van der Waals surface area contributed by atoms with Gasteiger partial charge in [-0.2, -0.15) is 0 Å². The molecule has 0 aliphatic carbocycles. The first kappa shape index (κ1) is 28.4. The number of hydrogen-bond acceptors (Lipinski definition) is 5. The van der Waals surface area contributed by atoms with E-state index in [4.69, 9.17) is 0 Å². The van der Waals surface area contributed by atoms with E-state index < -0.39 is 0 Å². The highest BCUT2D eigenvalue weighted by molar-refractivity contribution is 7.16. The summed E-state index contributed by atoms with van der Waals surface area (Å²) < 4.78 is 6.30. The van der Waals surface area contributed by atoms with Crippen molar-refractivity contribution in [3.05, 3.63) is 53.0 Å². The van der Waals surface area contributed by atoms with Gasteiger partial charge in [0.05, 0.1) is 20.4 Å². The number of thiazole rings is 1. The Labute approximate surface area is 180 Å². The molecule has 0 atom stereocenters. The summed E-state index contributed by atoms with van der Waals surface area (Å²) in [6.45, 7) is 20.1. The van der Waals surface area contributed by atoms with E-state index in [1.807, 2.05) is 86.0 Å². The van der Waals surface area contributed by atoms with Crippen molar-refractivity contribution in [2.75, 3.05) is 0 Å². The van der Waals surface area contributed by atoms with Crippen LogP contribution in [0.15, 0.2) is 41.9 Å². The third kappa shape index (κ3) is 8.89. The van der Waals surface area contributed by atoms with Crippen LogP contribution < -0.4 is 0 Å². The number of fused-ring (bicyclic) bond motifs is 2. The number of rotatable bonds is 0. The van der Waals surface area contributed by atoms with Gasteiger partial charge in [0.2, 0.25) is 0 Å². The van der Waals surface area contributed by atoms with E-state index in [2.05, 4.69) is 39.7 Å². The SMILES string of the molecule is CC.CC.CC.CC.Cc1cccc2scnc12.Cc1cccc2snnc12. The van der Waals surface area contributed by atoms with Gasteiger partial charge in [-0.15, -0.1) is 16.4 Å². The summed E-state index contributed by atoms with van der Waals surface area (Å²) in [5.74, 6) is 0. The molecule has 2 aromatic heterocycles. The zero-order valence-corrected chi connectivity index (χ0v) is 20.8. The molecular weight excluding hydrogens is 382 g/mol. The summed E-state index contributed by atoms with van der Waals surface area (Å²) in [6, 6.07) is 12.4. The van der Waals surface area contributed by atoms with Crippen molar-refractivity contribution in [2.45, 2.75) is 69.2 Å². The summed E-state index contributed by atoms with van der Waals surface area (Å²) in [5, 5.41) is 3.99. The average molecular weight is 420 g/mol. The Morgan fingerprint density at radius 2 is 1.14 bits per heavy atom. The van der Waals surface area contributed by atoms with E-state index in [-0.39, 0.29) is 0 Å². The molecule has 0 N–H and O–H groups in total. The predicted octanol–water partition coefficient (Wildman–Crippen LogP) is 8.71. The van der Waals surface area contributed by atoms with Gasteiger partial charge in [0, 0.05) is 0 Å². The van der Waals surface area contributed by atoms with Crippen molar-refractivity contribution in [1.82, 2.24) is 14.6 Å². The molecule has 156 valence electrons. The van der Waals surface area contributed by atoms with Crippen LogP contribution >= 0.6 is 22.9 Å². The molecule has 0 aliphatic heterocycles. The van der Waals surface area contributed by atoms with Crippen LogP contribution in [0.1, 0.15) is 66.5 Å². The molecule has 0 fully saturated rings. The summed E-state index contributed by atoms with van der Waals surface area (Å²) in [7, 11) is 0. The number of benzene rings is 2. The highest BCUT2D eigenvalue weighted by atomic mass is 32.1. The Kier molecular flexibility index (Phi) is 18.7. The quantitative estimate of drug-likeness (QED) is 0.286. The number of nitrogens with zero attached hydrogens (tertiary/aromatic N) is 3. The first-order valence-electron chi connectivity index (χ1n) is 10.2. The van der Waals surface area contributed by atoms with Gasteiger partial charge >= 0.3 is 0 Å². The zero-order valence-electron chi connectivity index (χ0n) is 19.2. The Hall–Kier alpha value is -1.85. The predicted molar refractivity (Wildman–Crippen MR) is 132 cm³/mol. The molecule has 4 rings (SSSR count). The third-order valence-electron chi connectivity index (χ3n) is 3.04. The fraction of sp³-hybridized carbons (Fsp3) is 0.435. The van der Waals surface area contributed by atoms with Gasteiger partial charge in [-0.3, -0.25) is 0 Å². The normalized spacial score (nSPS) is 8.36. The number of aromatic nitrogens is 3. The van der Waals surface area contributed by atoms with Gasteiger partial charge in [-0.1, -0.05) is 84.1 Å². The van der Waals surface area contributed by atoms with E-state index in [0.29, 0.717) is 0 Å². The maximum atomic E-state index is 4.24. The van der Waals surface area contributed by atoms with Crippen molar-refractivity contribution in [3.63, 3.8) is 0 Å². The van der Waals surface area contributed by atoms with Crippen LogP contribution in [0.3, 0.4) is 0 Å². The summed E-state index contributed by atoms with van der Waals surface area (Å²) in [4.78, 5) is 4.24. The zero-order chi connectivity index (χ0) is 21.9. The van der Waals surface area contributed by atoms with Crippen LogP contribution in [0.4, 0.5) is 0 Å². The number of aryl methyl sites for hydroxylation is 2. The fourth-order valence-electron chi connectivity index (χ4n) is 1.97. The molecule has 2 heterocycles. The smallest absolute Gasteiger partial charge is 0.108 e. The lowest BCUT2D eigenvalue weighted by Crippen LogP contribution is -1.73. The van der Waals surface area contributed by atoms with Crippen molar-refractivity contribution >= 4 is 43.3 Å². The molecule has 28 heavy (non-hydrogen) atoms. The van der Waals surface area contributed by atoms with Crippen molar-refractivity contribution < 1.29 is 0 Å². The standard InChI is InChI=1S/C8H7NS.C7H6N2S.4C2H6/c1-6-3-2-4-7-8(6)9-5-10-7;1-5-3-2-4-6-7(5)8-9-10-6;4*1-2/h2-5H,1H3;2-4H,1H3;4*1-2H3. The van der Waals surface area contributed by atoms with Gasteiger partial charge in [0.25, 0.3) is 0 Å². The van der Waals surface area contributed by atoms with E-state index in [1.165, 1.54) is 32.1 Å². The molecule has 0 radical (unpaired) electrons. The maximum absolute atomic E-state index is 4.24. The monoisotopic (exact) mass is 419 g/mol. The molecule has 0 saturated carbocycles. The van der Waals surface area contributed by atoms with Crippen LogP contribution in [-0.2, 0) is 0 Å². The Morgan fingerprint density at radius 3 is 1.64 bits per heavy atom. The van der Waals surface area contributed by atoms with E-state index in [0.717, 1.165) is 11.0 Å². The second-order valence-electron chi connectivity index (χ2n) is 4.47. The van der Waals surface area contributed by atoms with Crippen molar-refractivity contribution in [1.29, 1.82) is 0 Å². The minimum Gasteiger partial charge on any atom is -0.244 e. The largest absolute Gasteiger partial charge is 0.244 e. The molecule has 5 heteroatoms. The summed E-state index contributed by atoms with van der Waals surface area (Å²) >= 11 is 3.13. The van der Waals surface area contributed by atoms with Crippen LogP contribution in [-0.4, -0.2) is 14.6 Å². The molecular formula is C23H37N3S2. The van der Waals surface area contributed by atoms with Gasteiger partial charge < -0.3 is 0 Å². The topological polar surface area (TPSA) is 38.7 Å². The first-order valence-corrected chi connectivity index (χ1v) is 11.9. The lowest BCUT2D eigenvalue weighted by Gasteiger charge is -1.90. The van der Waals surface area contributed by atoms with Crippen LogP contribution in [0, 0.1) is 13.8 Å². The van der Waals surface area contributed by atoms with Crippen LogP contribution in [0.5, 0.6) is 0 Å². The highest BCUT2D eigenvalue weighted by Crippen LogP contribution is 2.19. The van der Waals surface area contributed by atoms with Crippen LogP contribution in [0.25, 0.3) is 20.4 Å². The summed E-state index contributed by atoms with van der Waals surface area (Å²) in [5.41, 5.74) is 6.53. The van der Waals surface area contributed by atoms with E-state index in [1.54, 1.807) is 11.3 Å².